The molecule has 0 bridgehead atoms. The number of β-lactam (4-membered cyclic amide) rings is 1. The second-order valence-corrected chi connectivity index (χ2v) is 10.3. The van der Waals surface area contributed by atoms with Crippen molar-refractivity contribution in [2.75, 3.05) is 19.6 Å². The van der Waals surface area contributed by atoms with Crippen LogP contribution in [-0.2, 0) is 14.4 Å². The van der Waals surface area contributed by atoms with Crippen LogP contribution in [0.2, 0.25) is 0 Å². The van der Waals surface area contributed by atoms with Gasteiger partial charge in [0.05, 0.1) is 24.1 Å². The number of aliphatic hydroxyl groups is 1. The Morgan fingerprint density at radius 3 is 2.77 bits per heavy atom. The van der Waals surface area contributed by atoms with E-state index in [1.807, 2.05) is 6.92 Å². The van der Waals surface area contributed by atoms with Crippen molar-refractivity contribution < 1.29 is 24.6 Å². The molecule has 2 amide bonds. The number of hydrogen-bond donors (Lipinski definition) is 4. The fourth-order valence-electron chi connectivity index (χ4n) is 5.52. The molecule has 30 heavy (non-hydrogen) atoms. The lowest BCUT2D eigenvalue weighted by Crippen LogP contribution is -2.63. The zero-order valence-corrected chi connectivity index (χ0v) is 18.1. The molecule has 0 unspecified atom stereocenters. The normalized spacial score (nSPS) is 37.4. The van der Waals surface area contributed by atoms with Crippen molar-refractivity contribution >= 4 is 29.5 Å². The SMILES string of the molecule is C[C@@H](O)[C@H]1C(=O)N2C(C(=O)O)=C(S[C@@H]3CN[C@H](CN4CCC[C@H]4C(N)=O)C3)[C@H](C)[C@H]12. The van der Waals surface area contributed by atoms with E-state index in [0.29, 0.717) is 0 Å². The van der Waals surface area contributed by atoms with Gasteiger partial charge in [-0.2, -0.15) is 0 Å². The molecule has 7 atom stereocenters. The second kappa shape index (κ2) is 8.14. The van der Waals surface area contributed by atoms with Crippen LogP contribution >= 0.6 is 11.8 Å². The van der Waals surface area contributed by atoms with Crippen LogP contribution < -0.4 is 11.1 Å². The molecular weight excluding hydrogens is 408 g/mol. The van der Waals surface area contributed by atoms with Gasteiger partial charge in [-0.25, -0.2) is 4.79 Å². The number of aliphatic hydroxyl groups excluding tert-OH is 1. The molecule has 4 aliphatic heterocycles. The standard InChI is InChI=1S/C20H30N4O5S/c1-9-15-14(10(2)25)19(27)24(15)16(20(28)29)17(9)30-12-6-11(22-7-12)8-23-5-3-4-13(23)18(21)26/h9-15,22,25H,3-8H2,1-2H3,(H2,21,26)(H,28,29)/t9-,10-,11+,12+,13+,14-,15-/m1/s1. The summed E-state index contributed by atoms with van der Waals surface area (Å²) in [5.41, 5.74) is 5.60. The number of primary amides is 1. The molecule has 3 saturated heterocycles. The lowest BCUT2D eigenvalue weighted by atomic mass is 9.79. The first-order valence-corrected chi connectivity index (χ1v) is 11.5. The number of carboxylic acid groups (broad SMARTS) is 1. The molecule has 0 radical (unpaired) electrons. The third-order valence-electron chi connectivity index (χ3n) is 6.93. The number of carbonyl (C=O) groups excluding carboxylic acids is 2. The molecule has 0 aliphatic carbocycles. The molecule has 0 aromatic heterocycles. The van der Waals surface area contributed by atoms with Gasteiger partial charge < -0.3 is 26.2 Å². The van der Waals surface area contributed by atoms with E-state index in [4.69, 9.17) is 5.73 Å². The number of fused-ring (bicyclic) bond motifs is 1. The van der Waals surface area contributed by atoms with Gasteiger partial charge in [0.25, 0.3) is 0 Å². The van der Waals surface area contributed by atoms with E-state index in [1.54, 1.807) is 18.7 Å². The zero-order chi connectivity index (χ0) is 21.7. The number of aliphatic carboxylic acids is 1. The second-order valence-electron chi connectivity index (χ2n) is 8.91. The Bertz CT molecular complexity index is 787. The molecule has 10 heteroatoms. The van der Waals surface area contributed by atoms with Gasteiger partial charge in [0, 0.05) is 35.2 Å². The molecule has 9 nitrogen and oxygen atoms in total. The highest BCUT2D eigenvalue weighted by Gasteiger charge is 2.60. The third-order valence-corrected chi connectivity index (χ3v) is 8.44. The van der Waals surface area contributed by atoms with Crippen LogP contribution in [0.5, 0.6) is 0 Å². The van der Waals surface area contributed by atoms with Crippen molar-refractivity contribution in [1.29, 1.82) is 0 Å². The van der Waals surface area contributed by atoms with Crippen LogP contribution in [0.15, 0.2) is 10.6 Å². The van der Waals surface area contributed by atoms with E-state index in [1.165, 1.54) is 4.90 Å². The van der Waals surface area contributed by atoms with Crippen molar-refractivity contribution in [3.63, 3.8) is 0 Å². The molecule has 4 aliphatic rings. The number of likely N-dealkylation sites (tertiary alicyclic amines) is 1. The largest absolute Gasteiger partial charge is 0.477 e. The number of carboxylic acids is 1. The average Bonchev–Trinajstić information content (AvgIpc) is 3.35. The number of amides is 2. The molecule has 4 heterocycles. The lowest BCUT2D eigenvalue weighted by molar-refractivity contribution is -0.163. The Labute approximate surface area is 180 Å². The predicted octanol–water partition coefficient (Wildman–Crippen LogP) is -0.446. The van der Waals surface area contributed by atoms with E-state index in [2.05, 4.69) is 10.2 Å². The molecule has 0 aromatic carbocycles. The van der Waals surface area contributed by atoms with Gasteiger partial charge in [-0.3, -0.25) is 14.5 Å². The van der Waals surface area contributed by atoms with Crippen molar-refractivity contribution in [1.82, 2.24) is 15.1 Å². The van der Waals surface area contributed by atoms with Crippen LogP contribution in [0, 0.1) is 11.8 Å². The van der Waals surface area contributed by atoms with E-state index < -0.39 is 18.0 Å². The Morgan fingerprint density at radius 2 is 2.13 bits per heavy atom. The van der Waals surface area contributed by atoms with Crippen molar-refractivity contribution in [3.8, 4) is 0 Å². The molecule has 4 rings (SSSR count). The minimum absolute atomic E-state index is 0.0798. The maximum Gasteiger partial charge on any atom is 0.353 e. The van der Waals surface area contributed by atoms with Crippen molar-refractivity contribution in [2.24, 2.45) is 17.6 Å². The van der Waals surface area contributed by atoms with Crippen molar-refractivity contribution in [3.05, 3.63) is 10.6 Å². The Balaban J connectivity index is 1.42. The van der Waals surface area contributed by atoms with Gasteiger partial charge in [-0.05, 0) is 32.7 Å². The first kappa shape index (κ1) is 21.6. The highest BCUT2D eigenvalue weighted by atomic mass is 32.2. The highest BCUT2D eigenvalue weighted by Crippen LogP contribution is 2.51. The highest BCUT2D eigenvalue weighted by molar-refractivity contribution is 8.03. The summed E-state index contributed by atoms with van der Waals surface area (Å²) in [6, 6.07) is -0.254. The van der Waals surface area contributed by atoms with E-state index in [0.717, 1.165) is 43.8 Å². The zero-order valence-electron chi connectivity index (χ0n) is 17.3. The Kier molecular flexibility index (Phi) is 5.86. The third kappa shape index (κ3) is 3.53. The summed E-state index contributed by atoms with van der Waals surface area (Å²) in [5.74, 6) is -2.32. The fourth-order valence-corrected chi connectivity index (χ4v) is 7.04. The number of thioether (sulfide) groups is 1. The summed E-state index contributed by atoms with van der Waals surface area (Å²) in [7, 11) is 0. The predicted molar refractivity (Wildman–Crippen MR) is 111 cm³/mol. The van der Waals surface area contributed by atoms with Gasteiger partial charge in [-0.15, -0.1) is 11.8 Å². The van der Waals surface area contributed by atoms with Crippen molar-refractivity contribution in [2.45, 2.75) is 62.6 Å². The number of rotatable bonds is 7. The summed E-state index contributed by atoms with van der Waals surface area (Å²) >= 11 is 1.54. The van der Waals surface area contributed by atoms with Gasteiger partial charge in [-0.1, -0.05) is 6.92 Å². The summed E-state index contributed by atoms with van der Waals surface area (Å²) < 4.78 is 0. The van der Waals surface area contributed by atoms with Crippen LogP contribution in [-0.4, -0.2) is 86.9 Å². The summed E-state index contributed by atoms with van der Waals surface area (Å²) in [4.78, 5) is 40.3. The number of hydrogen-bond acceptors (Lipinski definition) is 7. The van der Waals surface area contributed by atoms with E-state index in [-0.39, 0.29) is 46.8 Å². The van der Waals surface area contributed by atoms with Gasteiger partial charge >= 0.3 is 5.97 Å². The monoisotopic (exact) mass is 438 g/mol. The first-order chi connectivity index (χ1) is 14.2. The minimum Gasteiger partial charge on any atom is -0.477 e. The smallest absolute Gasteiger partial charge is 0.353 e. The molecule has 0 aromatic rings. The van der Waals surface area contributed by atoms with E-state index in [9.17, 15) is 24.6 Å². The summed E-state index contributed by atoms with van der Waals surface area (Å²) in [6.07, 6.45) is 1.84. The molecule has 3 fully saturated rings. The molecular formula is C20H30N4O5S. The van der Waals surface area contributed by atoms with Crippen LogP contribution in [0.1, 0.15) is 33.1 Å². The maximum atomic E-state index is 12.5. The van der Waals surface area contributed by atoms with Gasteiger partial charge in [0.15, 0.2) is 0 Å². The van der Waals surface area contributed by atoms with E-state index >= 15 is 0 Å². The lowest BCUT2D eigenvalue weighted by Gasteiger charge is -2.46. The molecule has 0 saturated carbocycles. The Morgan fingerprint density at radius 1 is 1.40 bits per heavy atom. The molecule has 0 spiro atoms. The van der Waals surface area contributed by atoms with Crippen LogP contribution in [0.3, 0.4) is 0 Å². The Hall–Kier alpha value is -1.62. The van der Waals surface area contributed by atoms with Crippen LogP contribution in [0.4, 0.5) is 0 Å². The topological polar surface area (TPSA) is 136 Å². The number of nitrogens with two attached hydrogens (primary N) is 1. The quantitative estimate of drug-likeness (QED) is 0.393. The van der Waals surface area contributed by atoms with Gasteiger partial charge in [0.1, 0.15) is 5.70 Å². The molecule has 166 valence electrons. The van der Waals surface area contributed by atoms with Crippen LogP contribution in [0.25, 0.3) is 0 Å². The summed E-state index contributed by atoms with van der Waals surface area (Å²) in [5, 5.41) is 23.4. The summed E-state index contributed by atoms with van der Waals surface area (Å²) in [6.45, 7) is 5.89. The average molecular weight is 439 g/mol. The number of nitrogens with one attached hydrogen (secondary N) is 1. The molecule has 5 N–H and O–H groups in total. The first-order valence-electron chi connectivity index (χ1n) is 10.6. The number of nitrogens with zero attached hydrogens (tertiary/aromatic N) is 2. The van der Waals surface area contributed by atoms with Gasteiger partial charge in [0.2, 0.25) is 11.8 Å². The maximum absolute atomic E-state index is 12.5. The number of carbonyl (C=O) groups is 3. The minimum atomic E-state index is -1.09. The fraction of sp³-hybridized carbons (Fsp3) is 0.750.